The van der Waals surface area contributed by atoms with Crippen LogP contribution in [0.25, 0.3) is 16.9 Å². The number of sulfone groups is 1. The minimum atomic E-state index is -3.33. The van der Waals surface area contributed by atoms with Gasteiger partial charge in [-0.25, -0.2) is 13.1 Å². The Morgan fingerprint density at radius 1 is 1.16 bits per heavy atom. The first-order valence-corrected chi connectivity index (χ1v) is 12.1. The van der Waals surface area contributed by atoms with Gasteiger partial charge in [-0.3, -0.25) is 4.79 Å². The zero-order valence-electron chi connectivity index (χ0n) is 17.6. The average molecular weight is 450 g/mol. The molecule has 0 bridgehead atoms. The van der Waals surface area contributed by atoms with Gasteiger partial charge in [0.15, 0.2) is 15.5 Å². The molecular formula is C23H23N5O3S. The molecule has 4 rings (SSSR count). The lowest BCUT2D eigenvalue weighted by molar-refractivity contribution is 0.0702. The summed E-state index contributed by atoms with van der Waals surface area (Å²) < 4.78 is 25.2. The minimum Gasteiger partial charge on any atom is -0.336 e. The van der Waals surface area contributed by atoms with E-state index in [1.165, 1.54) is 12.1 Å². The van der Waals surface area contributed by atoms with Crippen LogP contribution in [-0.4, -0.2) is 54.4 Å². The lowest BCUT2D eigenvalue weighted by Gasteiger charge is -2.30. The molecule has 1 fully saturated rings. The van der Waals surface area contributed by atoms with Crippen molar-refractivity contribution in [2.75, 3.05) is 19.3 Å². The van der Waals surface area contributed by atoms with Gasteiger partial charge in [0.2, 0.25) is 0 Å². The molecule has 2 heterocycles. The number of rotatable bonds is 4. The Hall–Kier alpha value is -3.48. The number of benzene rings is 2. The lowest BCUT2D eigenvalue weighted by atomic mass is 10.1. The molecule has 0 spiro atoms. The molecule has 8 nitrogen and oxygen atoms in total. The molecule has 2 N–H and O–H groups in total. The number of hydrogen-bond acceptors (Lipinski definition) is 6. The Balaban J connectivity index is 1.78. The van der Waals surface area contributed by atoms with Gasteiger partial charge in [-0.05, 0) is 55.3 Å². The highest BCUT2D eigenvalue weighted by molar-refractivity contribution is 7.90. The fourth-order valence-electron chi connectivity index (χ4n) is 3.79. The van der Waals surface area contributed by atoms with Gasteiger partial charge in [-0.15, -0.1) is 0 Å². The number of carbonyl (C=O) groups excluding carboxylic acids is 1. The second kappa shape index (κ2) is 8.57. The highest BCUT2D eigenvalue weighted by Gasteiger charge is 2.25. The van der Waals surface area contributed by atoms with Crippen molar-refractivity contribution in [3.8, 4) is 23.0 Å². The monoisotopic (exact) mass is 449 g/mol. The number of piperidine rings is 1. The quantitative estimate of drug-likeness (QED) is 0.652. The van der Waals surface area contributed by atoms with Crippen LogP contribution in [0.4, 0.5) is 0 Å². The molecule has 1 aliphatic heterocycles. The molecule has 32 heavy (non-hydrogen) atoms. The highest BCUT2D eigenvalue weighted by atomic mass is 32.2. The van der Waals surface area contributed by atoms with Crippen molar-refractivity contribution in [3.63, 3.8) is 0 Å². The zero-order valence-corrected chi connectivity index (χ0v) is 18.4. The fraction of sp³-hybridized carbons (Fsp3) is 0.261. The van der Waals surface area contributed by atoms with E-state index in [4.69, 9.17) is 11.0 Å². The number of nitrogens with zero attached hydrogens (tertiary/aromatic N) is 4. The molecule has 1 atom stereocenters. The van der Waals surface area contributed by atoms with E-state index >= 15 is 0 Å². The third-order valence-corrected chi connectivity index (χ3v) is 6.62. The lowest BCUT2D eigenvalue weighted by Crippen LogP contribution is -2.45. The molecule has 1 aliphatic rings. The van der Waals surface area contributed by atoms with Gasteiger partial charge >= 0.3 is 0 Å². The largest absolute Gasteiger partial charge is 0.336 e. The molecule has 9 heteroatoms. The summed E-state index contributed by atoms with van der Waals surface area (Å²) >= 11 is 0. The Bertz CT molecular complexity index is 1290. The van der Waals surface area contributed by atoms with Gasteiger partial charge in [0, 0.05) is 31.0 Å². The summed E-state index contributed by atoms with van der Waals surface area (Å²) in [5.41, 5.74) is 8.90. The van der Waals surface area contributed by atoms with E-state index in [9.17, 15) is 13.2 Å². The maximum absolute atomic E-state index is 13.1. The van der Waals surface area contributed by atoms with Gasteiger partial charge in [0.05, 0.1) is 27.9 Å². The average Bonchev–Trinajstić information content (AvgIpc) is 3.23. The molecule has 1 amide bonds. The molecular weight excluding hydrogens is 426 g/mol. The molecule has 1 aromatic heterocycles. The highest BCUT2D eigenvalue weighted by Crippen LogP contribution is 2.26. The van der Waals surface area contributed by atoms with Crippen LogP contribution >= 0.6 is 0 Å². The van der Waals surface area contributed by atoms with Gasteiger partial charge < -0.3 is 10.6 Å². The standard InChI is InChI=1S/C23H23N5O3S/c1-32(30,31)20-10-8-19(9-11-20)28-22(17-6-4-16(14-24)5-7-17)13-21(26-28)23(29)27-12-2-3-18(25)15-27/h4-11,13,18H,2-3,12,15,25H2,1H3. The van der Waals surface area contributed by atoms with E-state index in [0.717, 1.165) is 24.7 Å². The number of aromatic nitrogens is 2. The summed E-state index contributed by atoms with van der Waals surface area (Å²) in [5, 5.41) is 13.7. The van der Waals surface area contributed by atoms with Crippen LogP contribution < -0.4 is 5.73 Å². The third-order valence-electron chi connectivity index (χ3n) is 5.49. The Kier molecular flexibility index (Phi) is 5.82. The van der Waals surface area contributed by atoms with Crippen LogP contribution in [0.15, 0.2) is 59.5 Å². The van der Waals surface area contributed by atoms with Crippen LogP contribution in [0, 0.1) is 11.3 Å². The number of nitrogens with two attached hydrogens (primary N) is 1. The first-order valence-electron chi connectivity index (χ1n) is 10.2. The summed E-state index contributed by atoms with van der Waals surface area (Å²) in [4.78, 5) is 15.1. The third kappa shape index (κ3) is 4.42. The maximum Gasteiger partial charge on any atom is 0.274 e. The SMILES string of the molecule is CS(=O)(=O)c1ccc(-n2nc(C(=O)N3CCCC(N)C3)cc2-c2ccc(C#N)cc2)cc1. The van der Waals surface area contributed by atoms with E-state index < -0.39 is 9.84 Å². The topological polar surface area (TPSA) is 122 Å². The summed E-state index contributed by atoms with van der Waals surface area (Å²) in [6, 6.07) is 17.1. The number of amides is 1. The van der Waals surface area contributed by atoms with Crippen LogP contribution in [0.3, 0.4) is 0 Å². The van der Waals surface area contributed by atoms with Crippen molar-refractivity contribution in [3.05, 3.63) is 65.9 Å². The van der Waals surface area contributed by atoms with E-state index in [1.807, 2.05) is 0 Å². The first-order chi connectivity index (χ1) is 15.3. The first kappa shape index (κ1) is 21.7. The van der Waals surface area contributed by atoms with Crippen LogP contribution in [0.1, 0.15) is 28.9 Å². The maximum atomic E-state index is 13.1. The Morgan fingerprint density at radius 2 is 1.84 bits per heavy atom. The van der Waals surface area contributed by atoms with Crippen molar-refractivity contribution >= 4 is 15.7 Å². The van der Waals surface area contributed by atoms with Gasteiger partial charge in [0.25, 0.3) is 5.91 Å². The number of carbonyl (C=O) groups is 1. The summed E-state index contributed by atoms with van der Waals surface area (Å²) in [5.74, 6) is -0.193. The predicted octanol–water partition coefficient (Wildman–Crippen LogP) is 2.38. The normalized spacial score (nSPS) is 16.5. The molecule has 0 saturated carbocycles. The fourth-order valence-corrected chi connectivity index (χ4v) is 4.43. The van der Waals surface area contributed by atoms with E-state index in [-0.39, 0.29) is 22.5 Å². The molecule has 0 aliphatic carbocycles. The van der Waals surface area contributed by atoms with Crippen molar-refractivity contribution in [2.45, 2.75) is 23.8 Å². The summed E-state index contributed by atoms with van der Waals surface area (Å²) in [6.07, 6.45) is 2.89. The van der Waals surface area contributed by atoms with E-state index in [1.54, 1.807) is 52.0 Å². The van der Waals surface area contributed by atoms with Crippen molar-refractivity contribution < 1.29 is 13.2 Å². The molecule has 1 unspecified atom stereocenters. The van der Waals surface area contributed by atoms with Gasteiger partial charge in [-0.1, -0.05) is 12.1 Å². The second-order valence-electron chi connectivity index (χ2n) is 7.94. The van der Waals surface area contributed by atoms with E-state index in [0.29, 0.717) is 30.0 Å². The van der Waals surface area contributed by atoms with Crippen LogP contribution in [0.5, 0.6) is 0 Å². The summed E-state index contributed by atoms with van der Waals surface area (Å²) in [6.45, 7) is 1.12. The van der Waals surface area contributed by atoms with Crippen LogP contribution in [0.2, 0.25) is 0 Å². The van der Waals surface area contributed by atoms with Gasteiger partial charge in [-0.2, -0.15) is 10.4 Å². The Labute approximate surface area is 186 Å². The molecule has 2 aromatic carbocycles. The Morgan fingerprint density at radius 3 is 2.44 bits per heavy atom. The number of likely N-dealkylation sites (tertiary alicyclic amines) is 1. The van der Waals surface area contributed by atoms with Crippen molar-refractivity contribution in [1.29, 1.82) is 5.26 Å². The van der Waals surface area contributed by atoms with Gasteiger partial charge in [0.1, 0.15) is 0 Å². The molecule has 164 valence electrons. The minimum absolute atomic E-state index is 0.0451. The van der Waals surface area contributed by atoms with Crippen LogP contribution in [-0.2, 0) is 9.84 Å². The van der Waals surface area contributed by atoms with Crippen molar-refractivity contribution in [1.82, 2.24) is 14.7 Å². The van der Waals surface area contributed by atoms with E-state index in [2.05, 4.69) is 11.2 Å². The number of nitriles is 1. The predicted molar refractivity (Wildman–Crippen MR) is 120 cm³/mol. The second-order valence-corrected chi connectivity index (χ2v) is 9.95. The molecule has 0 radical (unpaired) electrons. The van der Waals surface area contributed by atoms with Crippen molar-refractivity contribution in [2.24, 2.45) is 5.73 Å². The summed E-state index contributed by atoms with van der Waals surface area (Å²) in [7, 11) is -3.33. The molecule has 3 aromatic rings. The molecule has 1 saturated heterocycles. The zero-order chi connectivity index (χ0) is 22.9. The smallest absolute Gasteiger partial charge is 0.274 e. The number of hydrogen-bond donors (Lipinski definition) is 1.